The van der Waals surface area contributed by atoms with E-state index in [9.17, 15) is 13.2 Å². The van der Waals surface area contributed by atoms with Crippen molar-refractivity contribution in [3.8, 4) is 0 Å². The largest absolute Gasteiger partial charge is 0.433 e. The summed E-state index contributed by atoms with van der Waals surface area (Å²) in [4.78, 5) is 3.33. The summed E-state index contributed by atoms with van der Waals surface area (Å²) in [6.07, 6.45) is -4.40. The molecule has 12 heavy (non-hydrogen) atoms. The number of nitrogens with zero attached hydrogens (tertiary/aromatic N) is 1. The van der Waals surface area contributed by atoms with Crippen molar-refractivity contribution in [2.75, 3.05) is 0 Å². The van der Waals surface area contributed by atoms with Crippen LogP contribution >= 0.6 is 23.6 Å². The smallest absolute Gasteiger partial charge is 0.238 e. The van der Waals surface area contributed by atoms with Crippen molar-refractivity contribution < 1.29 is 13.2 Å². The number of aromatic nitrogens is 1. The summed E-state index contributed by atoms with van der Waals surface area (Å²) >= 11 is 5.70. The summed E-state index contributed by atoms with van der Waals surface area (Å²) in [7, 11) is 0. The molecule has 0 fully saturated rings. The second kappa shape index (κ2) is 3.10. The van der Waals surface area contributed by atoms with Gasteiger partial charge >= 0.3 is 6.18 Å². The van der Waals surface area contributed by atoms with Crippen LogP contribution in [0.4, 0.5) is 13.2 Å². The molecule has 1 heterocycles. The lowest BCUT2D eigenvalue weighted by atomic mass is 10.4. The van der Waals surface area contributed by atoms with Crippen molar-refractivity contribution in [1.29, 1.82) is 0 Å². The number of hydrogen-bond acceptors (Lipinski definition) is 3. The van der Waals surface area contributed by atoms with Crippen molar-refractivity contribution in [3.05, 3.63) is 20.6 Å². The van der Waals surface area contributed by atoms with E-state index in [-0.39, 0.29) is 3.82 Å². The van der Waals surface area contributed by atoms with Gasteiger partial charge < -0.3 is 0 Å². The molecule has 1 aromatic rings. The van der Waals surface area contributed by atoms with Crippen LogP contribution in [0, 0.1) is 10.7 Å². The third-order valence-electron chi connectivity index (χ3n) is 1.07. The summed E-state index contributed by atoms with van der Waals surface area (Å²) in [5.74, 6) is 0. The Hall–Kier alpha value is -0.490. The molecule has 0 saturated heterocycles. The molecule has 1 aromatic heterocycles. The Labute approximate surface area is 75.9 Å². The quantitative estimate of drug-likeness (QED) is 0.611. The molecule has 6 heteroatoms. The number of hydrogen-bond donors (Lipinski definition) is 0. The Morgan fingerprint density at radius 1 is 1.50 bits per heavy atom. The highest BCUT2D eigenvalue weighted by Gasteiger charge is 2.32. The van der Waals surface area contributed by atoms with Crippen LogP contribution in [0.15, 0.2) is 6.07 Å². The minimum Gasteiger partial charge on any atom is -0.238 e. The Bertz CT molecular complexity index is 341. The van der Waals surface area contributed by atoms with Crippen LogP contribution in [0.3, 0.4) is 0 Å². The van der Waals surface area contributed by atoms with E-state index in [4.69, 9.17) is 0 Å². The van der Waals surface area contributed by atoms with E-state index in [0.717, 1.165) is 17.4 Å². The summed E-state index contributed by atoms with van der Waals surface area (Å²) in [5, 5.41) is 0.329. The maximum Gasteiger partial charge on any atom is 0.433 e. The van der Waals surface area contributed by atoms with Crippen molar-refractivity contribution in [3.63, 3.8) is 0 Å². The molecule has 0 saturated carbocycles. The van der Waals surface area contributed by atoms with Crippen LogP contribution in [0.5, 0.6) is 0 Å². The molecule has 0 bridgehead atoms. The summed E-state index contributed by atoms with van der Waals surface area (Å²) in [6, 6.07) is 0.868. The Balaban J connectivity index is 3.27. The van der Waals surface area contributed by atoms with E-state index in [1.165, 1.54) is 6.92 Å². The van der Waals surface area contributed by atoms with Crippen LogP contribution in [-0.4, -0.2) is 4.98 Å². The fraction of sp³-hybridized carbons (Fsp3) is 0.333. The Morgan fingerprint density at radius 3 is 2.50 bits per heavy atom. The van der Waals surface area contributed by atoms with Gasteiger partial charge in [-0.1, -0.05) is 12.2 Å². The van der Waals surface area contributed by atoms with Gasteiger partial charge in [-0.3, -0.25) is 0 Å². The van der Waals surface area contributed by atoms with Gasteiger partial charge in [-0.25, -0.2) is 4.98 Å². The van der Waals surface area contributed by atoms with Crippen LogP contribution in [0.25, 0.3) is 0 Å². The van der Waals surface area contributed by atoms with Crippen LogP contribution in [0.1, 0.15) is 10.7 Å². The Morgan fingerprint density at radius 2 is 2.08 bits per heavy atom. The molecule has 1 rings (SSSR count). The van der Waals surface area contributed by atoms with Gasteiger partial charge in [0.2, 0.25) is 0 Å². The second-order valence-corrected chi connectivity index (χ2v) is 4.01. The highest BCUT2D eigenvalue weighted by molar-refractivity contribution is 7.73. The van der Waals surface area contributed by atoms with Gasteiger partial charge in [-0.15, -0.1) is 11.3 Å². The van der Waals surface area contributed by atoms with Crippen LogP contribution < -0.4 is 0 Å². The maximum absolute atomic E-state index is 12.0. The van der Waals surface area contributed by atoms with Gasteiger partial charge in [0, 0.05) is 0 Å². The standard InChI is InChI=1S/C6H4F3NS2/c1-3-10-4(6(7,8)9)2-5(11)12-3/h2H,1H3. The average molecular weight is 211 g/mol. The lowest BCUT2D eigenvalue weighted by Crippen LogP contribution is -2.07. The lowest BCUT2D eigenvalue weighted by Gasteiger charge is -2.04. The third kappa shape index (κ3) is 2.25. The fourth-order valence-electron chi connectivity index (χ4n) is 0.657. The Kier molecular flexibility index (Phi) is 2.48. The average Bonchev–Trinajstić information content (AvgIpc) is 1.82. The number of alkyl halides is 3. The molecule has 0 unspecified atom stereocenters. The van der Waals surface area contributed by atoms with E-state index < -0.39 is 11.9 Å². The molecule has 0 atom stereocenters. The molecule has 0 aliphatic heterocycles. The molecule has 66 valence electrons. The van der Waals surface area contributed by atoms with Gasteiger partial charge in [0.1, 0.15) is 5.69 Å². The highest BCUT2D eigenvalue weighted by Crippen LogP contribution is 2.28. The minimum atomic E-state index is -4.40. The molecular weight excluding hydrogens is 207 g/mol. The molecule has 1 nitrogen and oxygen atoms in total. The third-order valence-corrected chi connectivity index (χ3v) is 2.14. The number of aryl methyl sites for hydroxylation is 1. The number of rotatable bonds is 0. The minimum absolute atomic E-state index is 0.204. The normalized spacial score (nSPS) is 11.7. The highest BCUT2D eigenvalue weighted by atomic mass is 32.1. The van der Waals surface area contributed by atoms with Crippen molar-refractivity contribution in [2.24, 2.45) is 0 Å². The van der Waals surface area contributed by atoms with Crippen LogP contribution in [-0.2, 0) is 6.18 Å². The van der Waals surface area contributed by atoms with Gasteiger partial charge in [-0.2, -0.15) is 13.2 Å². The second-order valence-electron chi connectivity index (χ2n) is 2.08. The van der Waals surface area contributed by atoms with Crippen LogP contribution in [0.2, 0.25) is 0 Å². The van der Waals surface area contributed by atoms with Gasteiger partial charge in [0.15, 0.2) is 0 Å². The summed E-state index contributed by atoms with van der Waals surface area (Å²) < 4.78 is 36.3. The van der Waals surface area contributed by atoms with E-state index in [2.05, 4.69) is 17.2 Å². The number of halogens is 3. The molecular formula is C6H4F3NS2. The van der Waals surface area contributed by atoms with Crippen molar-refractivity contribution >= 4 is 23.6 Å². The molecule has 0 radical (unpaired) electrons. The topological polar surface area (TPSA) is 12.9 Å². The van der Waals surface area contributed by atoms with Gasteiger partial charge in [0.25, 0.3) is 0 Å². The lowest BCUT2D eigenvalue weighted by molar-refractivity contribution is -0.141. The van der Waals surface area contributed by atoms with Crippen molar-refractivity contribution in [2.45, 2.75) is 13.1 Å². The monoisotopic (exact) mass is 211 g/mol. The fourth-order valence-corrected chi connectivity index (χ4v) is 1.74. The van der Waals surface area contributed by atoms with E-state index >= 15 is 0 Å². The summed E-state index contributed by atoms with van der Waals surface area (Å²) in [5.41, 5.74) is -0.913. The first-order chi connectivity index (χ1) is 5.39. The zero-order chi connectivity index (χ0) is 9.35. The van der Waals surface area contributed by atoms with Gasteiger partial charge in [-0.05, 0) is 13.0 Å². The SMILES string of the molecule is Cc1nc(C(F)(F)F)cc(=S)s1. The van der Waals surface area contributed by atoms with E-state index in [1.54, 1.807) is 0 Å². The molecule has 0 spiro atoms. The first-order valence-electron chi connectivity index (χ1n) is 2.95. The predicted molar refractivity (Wildman–Crippen MR) is 42.7 cm³/mol. The zero-order valence-electron chi connectivity index (χ0n) is 5.97. The van der Waals surface area contributed by atoms with E-state index in [0.29, 0.717) is 5.01 Å². The van der Waals surface area contributed by atoms with Crippen molar-refractivity contribution in [1.82, 2.24) is 4.98 Å². The molecule has 0 N–H and O–H groups in total. The predicted octanol–water partition coefficient (Wildman–Crippen LogP) is 3.20. The molecule has 0 aromatic carbocycles. The first-order valence-corrected chi connectivity index (χ1v) is 4.18. The van der Waals surface area contributed by atoms with Gasteiger partial charge in [0.05, 0.1) is 8.83 Å². The maximum atomic E-state index is 12.0. The molecule has 0 amide bonds. The molecule has 0 aliphatic carbocycles. The zero-order valence-corrected chi connectivity index (χ0v) is 7.61. The summed E-state index contributed by atoms with van der Waals surface area (Å²) in [6.45, 7) is 1.50. The first kappa shape index (κ1) is 9.60. The van der Waals surface area contributed by atoms with E-state index in [1.807, 2.05) is 0 Å². The molecule has 0 aliphatic rings.